The van der Waals surface area contributed by atoms with Gasteiger partial charge in [0.25, 0.3) is 5.69 Å². The zero-order chi connectivity index (χ0) is 29.9. The number of hydrogen-bond acceptors (Lipinski definition) is 12. The molecule has 0 fully saturated rings. The average molecular weight is 589 g/mol. The number of hydrogen-bond donors (Lipinski definition) is 2. The fourth-order valence-electron chi connectivity index (χ4n) is 2.67. The van der Waals surface area contributed by atoms with Crippen LogP contribution in [0, 0.1) is 10.1 Å². The van der Waals surface area contributed by atoms with E-state index in [0.717, 1.165) is 6.26 Å². The van der Waals surface area contributed by atoms with E-state index in [1.54, 1.807) is 32.9 Å². The third-order valence-electron chi connectivity index (χ3n) is 4.56. The van der Waals surface area contributed by atoms with Gasteiger partial charge in [0.1, 0.15) is 31.5 Å². The molecule has 0 bridgehead atoms. The number of aromatic nitrogens is 2. The largest absolute Gasteiger partial charge is 0.444 e. The number of sulfone groups is 2. The molecule has 0 aliphatic heterocycles. The normalized spacial score (nSPS) is 11.7. The van der Waals surface area contributed by atoms with E-state index in [1.807, 2.05) is 0 Å². The Kier molecular flexibility index (Phi) is 12.7. The summed E-state index contributed by atoms with van der Waals surface area (Å²) in [6.07, 6.45) is 4.38. The van der Waals surface area contributed by atoms with Crippen LogP contribution < -0.4 is 11.1 Å². The van der Waals surface area contributed by atoms with E-state index in [4.69, 9.17) is 10.5 Å². The fraction of sp³-hybridized carbons (Fsp3) is 0.522. The second-order valence-electron chi connectivity index (χ2n) is 9.69. The van der Waals surface area contributed by atoms with Crippen molar-refractivity contribution in [2.75, 3.05) is 42.8 Å². The van der Waals surface area contributed by atoms with E-state index in [9.17, 15) is 31.7 Å². The summed E-state index contributed by atoms with van der Waals surface area (Å²) < 4.78 is 49.6. The number of nitrogens with one attached hydrogen (secondary N) is 1. The molecule has 39 heavy (non-hydrogen) atoms. The molecule has 0 atom stereocenters. The van der Waals surface area contributed by atoms with Gasteiger partial charge in [-0.25, -0.2) is 21.6 Å². The van der Waals surface area contributed by atoms with Gasteiger partial charge in [0.2, 0.25) is 0 Å². The maximum absolute atomic E-state index is 12.2. The molecule has 14 nitrogen and oxygen atoms in total. The number of nitro groups is 1. The van der Waals surface area contributed by atoms with Crippen LogP contribution in [0.25, 0.3) is 0 Å². The first-order chi connectivity index (χ1) is 17.8. The predicted molar refractivity (Wildman–Crippen MR) is 147 cm³/mol. The van der Waals surface area contributed by atoms with Crippen LogP contribution in [0.2, 0.25) is 0 Å². The van der Waals surface area contributed by atoms with Crippen LogP contribution >= 0.6 is 0 Å². The Hall–Kier alpha value is -3.37. The minimum Gasteiger partial charge on any atom is -0.444 e. The van der Waals surface area contributed by atoms with Crippen LogP contribution in [0.1, 0.15) is 32.2 Å². The Morgan fingerprint density at radius 1 is 1.03 bits per heavy atom. The van der Waals surface area contributed by atoms with Gasteiger partial charge in [-0.05, 0) is 39.0 Å². The average Bonchev–Trinajstić information content (AvgIpc) is 2.79. The molecule has 2 aromatic heterocycles. The van der Waals surface area contributed by atoms with Gasteiger partial charge in [0.05, 0.1) is 46.2 Å². The van der Waals surface area contributed by atoms with Crippen LogP contribution in [-0.2, 0) is 37.5 Å². The summed E-state index contributed by atoms with van der Waals surface area (Å²) in [6.45, 7) is 6.17. The van der Waals surface area contributed by atoms with Crippen molar-refractivity contribution < 1.29 is 31.3 Å². The van der Waals surface area contributed by atoms with E-state index in [-0.39, 0.29) is 30.3 Å². The molecule has 3 N–H and O–H groups in total. The highest BCUT2D eigenvalue weighted by Gasteiger charge is 2.23. The molecule has 0 radical (unpaired) electrons. The number of amides is 1. The van der Waals surface area contributed by atoms with Crippen molar-refractivity contribution in [3.05, 3.63) is 58.2 Å². The Bertz CT molecular complexity index is 1290. The van der Waals surface area contributed by atoms with Crippen molar-refractivity contribution in [2.45, 2.75) is 39.5 Å². The number of nitrogens with zero attached hydrogens (tertiary/aromatic N) is 4. The molecule has 0 spiro atoms. The molecular weight excluding hydrogens is 552 g/mol. The Labute approximate surface area is 229 Å². The van der Waals surface area contributed by atoms with E-state index in [1.165, 1.54) is 35.7 Å². The first-order valence-electron chi connectivity index (χ1n) is 11.7. The van der Waals surface area contributed by atoms with Crippen molar-refractivity contribution in [3.63, 3.8) is 0 Å². The number of anilines is 1. The summed E-state index contributed by atoms with van der Waals surface area (Å²) in [5.41, 5.74) is 6.60. The highest BCUT2D eigenvalue weighted by Crippen LogP contribution is 2.13. The van der Waals surface area contributed by atoms with Crippen molar-refractivity contribution in [2.24, 2.45) is 0 Å². The maximum Gasteiger partial charge on any atom is 0.410 e. The molecule has 0 aromatic carbocycles. The van der Waals surface area contributed by atoms with Gasteiger partial charge in [0, 0.05) is 38.2 Å². The standard InChI is InChI=1S/C14H23N3O4S.C9H13N3O4S/c1-14(2,3)21-13(18)17(7-8-22(4,19)20)10-12-6-5-11(15)9-16-12;1-17(15,16)5-4-10-6-8-2-3-9(7-11-8)12(13)14/h5-6,9H,7-8,10,15H2,1-4H3;2-3,7,10H,4-6H2,1H3. The van der Waals surface area contributed by atoms with E-state index in [0.29, 0.717) is 30.2 Å². The molecule has 16 heteroatoms. The molecule has 2 rings (SSSR count). The zero-order valence-corrected chi connectivity index (χ0v) is 24.3. The van der Waals surface area contributed by atoms with E-state index < -0.39 is 36.3 Å². The number of carbonyl (C=O) groups excluding carboxylic acids is 1. The first-order valence-corrected chi connectivity index (χ1v) is 15.8. The number of nitrogens with two attached hydrogens (primary N) is 1. The van der Waals surface area contributed by atoms with Gasteiger partial charge in [-0.15, -0.1) is 0 Å². The number of carbonyl (C=O) groups is 1. The molecular formula is C23H36N6O8S2. The van der Waals surface area contributed by atoms with Gasteiger partial charge < -0.3 is 20.7 Å². The molecule has 0 aliphatic rings. The summed E-state index contributed by atoms with van der Waals surface area (Å²) in [4.78, 5) is 31.4. The Balaban J connectivity index is 0.000000403. The van der Waals surface area contributed by atoms with Crippen molar-refractivity contribution in [3.8, 4) is 0 Å². The lowest BCUT2D eigenvalue weighted by molar-refractivity contribution is -0.385. The third kappa shape index (κ3) is 16.3. The van der Waals surface area contributed by atoms with Crippen LogP contribution in [0.15, 0.2) is 36.7 Å². The van der Waals surface area contributed by atoms with Crippen LogP contribution in [-0.4, -0.2) is 85.4 Å². The predicted octanol–water partition coefficient (Wildman–Crippen LogP) is 1.57. The van der Waals surface area contributed by atoms with Crippen LogP contribution in [0.5, 0.6) is 0 Å². The van der Waals surface area contributed by atoms with Crippen molar-refractivity contribution >= 4 is 37.1 Å². The van der Waals surface area contributed by atoms with E-state index >= 15 is 0 Å². The fourth-order valence-corrected chi connectivity index (χ4v) is 3.73. The molecule has 2 heterocycles. The Morgan fingerprint density at radius 3 is 2.08 bits per heavy atom. The minimum absolute atomic E-state index is 0.0415. The summed E-state index contributed by atoms with van der Waals surface area (Å²) in [6, 6.07) is 6.26. The molecule has 2 aromatic rings. The summed E-state index contributed by atoms with van der Waals surface area (Å²) in [5, 5.41) is 13.3. The number of nitrogen functional groups attached to an aromatic ring is 1. The van der Waals surface area contributed by atoms with Gasteiger partial charge in [0.15, 0.2) is 0 Å². The molecule has 0 aliphatic carbocycles. The first kappa shape index (κ1) is 33.7. The zero-order valence-electron chi connectivity index (χ0n) is 22.7. The Morgan fingerprint density at radius 2 is 1.62 bits per heavy atom. The molecule has 218 valence electrons. The lowest BCUT2D eigenvalue weighted by atomic mass is 10.2. The second kappa shape index (κ2) is 14.7. The summed E-state index contributed by atoms with van der Waals surface area (Å²) in [7, 11) is -6.15. The maximum atomic E-state index is 12.2. The molecule has 0 saturated carbocycles. The third-order valence-corrected chi connectivity index (χ3v) is 6.43. The number of rotatable bonds is 11. The quantitative estimate of drug-likeness (QED) is 0.218. The molecule has 0 unspecified atom stereocenters. The molecule has 0 saturated heterocycles. The number of ether oxygens (including phenoxy) is 1. The van der Waals surface area contributed by atoms with E-state index in [2.05, 4.69) is 15.3 Å². The topological polar surface area (TPSA) is 205 Å². The second-order valence-corrected chi connectivity index (χ2v) is 14.2. The lowest BCUT2D eigenvalue weighted by Crippen LogP contribution is -2.39. The SMILES string of the molecule is CC(C)(C)OC(=O)N(CCS(C)(=O)=O)Cc1ccc(N)cn1.CS(=O)(=O)CCNCc1ccc([N+](=O)[O-])cn1. The monoisotopic (exact) mass is 588 g/mol. The highest BCUT2D eigenvalue weighted by atomic mass is 32.2. The van der Waals surface area contributed by atoms with Gasteiger partial charge in [-0.3, -0.25) is 20.1 Å². The lowest BCUT2D eigenvalue weighted by Gasteiger charge is -2.27. The van der Waals surface area contributed by atoms with Crippen LogP contribution in [0.3, 0.4) is 0 Å². The van der Waals surface area contributed by atoms with Gasteiger partial charge in [-0.1, -0.05) is 0 Å². The van der Waals surface area contributed by atoms with Gasteiger partial charge >= 0.3 is 6.09 Å². The minimum atomic E-state index is -3.19. The van der Waals surface area contributed by atoms with Crippen molar-refractivity contribution in [1.29, 1.82) is 0 Å². The van der Waals surface area contributed by atoms with Gasteiger partial charge in [-0.2, -0.15) is 0 Å². The van der Waals surface area contributed by atoms with Crippen molar-refractivity contribution in [1.82, 2.24) is 20.2 Å². The highest BCUT2D eigenvalue weighted by molar-refractivity contribution is 7.90. The van der Waals surface area contributed by atoms with Crippen LogP contribution in [0.4, 0.5) is 16.2 Å². The molecule has 1 amide bonds. The number of pyridine rings is 2. The summed E-state index contributed by atoms with van der Waals surface area (Å²) in [5.74, 6) is -0.0821. The summed E-state index contributed by atoms with van der Waals surface area (Å²) >= 11 is 0. The smallest absolute Gasteiger partial charge is 0.410 e.